The Hall–Kier alpha value is -3.95. The van der Waals surface area contributed by atoms with E-state index in [0.29, 0.717) is 41.6 Å². The highest BCUT2D eigenvalue weighted by Gasteiger charge is 2.13. The molecular formula is C21H22N4O6. The number of nitrogens with zero attached hydrogens (tertiary/aromatic N) is 3. The number of esters is 1. The van der Waals surface area contributed by atoms with E-state index in [2.05, 4.69) is 20.4 Å². The summed E-state index contributed by atoms with van der Waals surface area (Å²) in [6, 6.07) is 8.34. The molecule has 2 aromatic heterocycles. The first kappa shape index (κ1) is 21.8. The number of pyridine rings is 1. The molecular weight excluding hydrogens is 404 g/mol. The van der Waals surface area contributed by atoms with Crippen LogP contribution in [0, 0.1) is 0 Å². The average molecular weight is 426 g/mol. The summed E-state index contributed by atoms with van der Waals surface area (Å²) in [4.78, 5) is 32.4. The number of aromatic nitrogens is 3. The average Bonchev–Trinajstić information content (AvgIpc) is 3.29. The molecule has 10 heteroatoms. The van der Waals surface area contributed by atoms with Gasteiger partial charge in [-0.1, -0.05) is 5.16 Å². The molecule has 1 amide bonds. The monoisotopic (exact) mass is 426 g/mol. The number of ether oxygens (including phenoxy) is 3. The van der Waals surface area contributed by atoms with Gasteiger partial charge in [0.25, 0.3) is 5.91 Å². The lowest BCUT2D eigenvalue weighted by Gasteiger charge is -2.10. The molecule has 10 nitrogen and oxygen atoms in total. The van der Waals surface area contributed by atoms with Crippen molar-refractivity contribution in [1.82, 2.24) is 20.4 Å². The predicted octanol–water partition coefficient (Wildman–Crippen LogP) is 2.05. The van der Waals surface area contributed by atoms with Gasteiger partial charge >= 0.3 is 5.97 Å². The summed E-state index contributed by atoms with van der Waals surface area (Å²) in [5.41, 5.74) is 1.10. The summed E-state index contributed by atoms with van der Waals surface area (Å²) in [5, 5.41) is 6.41. The van der Waals surface area contributed by atoms with Crippen molar-refractivity contribution >= 4 is 11.9 Å². The van der Waals surface area contributed by atoms with Crippen LogP contribution in [-0.2, 0) is 16.0 Å². The van der Waals surface area contributed by atoms with E-state index in [9.17, 15) is 9.59 Å². The normalized spacial score (nSPS) is 10.4. The SMILES string of the molecule is COc1ccc(C(=O)NCC(=O)OCCCc2nc(-c3cccnc3)no2)cc1OC. The second-order valence-corrected chi connectivity index (χ2v) is 6.33. The summed E-state index contributed by atoms with van der Waals surface area (Å²) >= 11 is 0. The Morgan fingerprint density at radius 3 is 2.71 bits per heavy atom. The Kier molecular flexibility index (Phi) is 7.52. The highest BCUT2D eigenvalue weighted by Crippen LogP contribution is 2.27. The molecule has 0 aliphatic carbocycles. The summed E-state index contributed by atoms with van der Waals surface area (Å²) in [6.07, 6.45) is 4.27. The van der Waals surface area contributed by atoms with Crippen molar-refractivity contribution in [3.8, 4) is 22.9 Å². The molecule has 3 aromatic rings. The van der Waals surface area contributed by atoms with Crippen LogP contribution in [0.5, 0.6) is 11.5 Å². The number of carbonyl (C=O) groups is 2. The van der Waals surface area contributed by atoms with Gasteiger partial charge in [-0.15, -0.1) is 0 Å². The van der Waals surface area contributed by atoms with E-state index in [1.54, 1.807) is 30.6 Å². The highest BCUT2D eigenvalue weighted by molar-refractivity contribution is 5.96. The van der Waals surface area contributed by atoms with Crippen LogP contribution in [0.15, 0.2) is 47.2 Å². The third kappa shape index (κ3) is 6.01. The fraction of sp³-hybridized carbons (Fsp3) is 0.286. The van der Waals surface area contributed by atoms with E-state index in [0.717, 1.165) is 5.56 Å². The Morgan fingerprint density at radius 1 is 1.13 bits per heavy atom. The maximum atomic E-state index is 12.2. The molecule has 0 aliphatic rings. The fourth-order valence-electron chi connectivity index (χ4n) is 2.66. The number of hydrogen-bond donors (Lipinski definition) is 1. The van der Waals surface area contributed by atoms with Crippen molar-refractivity contribution in [3.63, 3.8) is 0 Å². The minimum absolute atomic E-state index is 0.162. The van der Waals surface area contributed by atoms with Gasteiger partial charge in [0.05, 0.1) is 20.8 Å². The molecule has 0 atom stereocenters. The highest BCUT2D eigenvalue weighted by atomic mass is 16.5. The van der Waals surface area contributed by atoms with Crippen LogP contribution in [0.1, 0.15) is 22.7 Å². The Balaban J connectivity index is 1.38. The van der Waals surface area contributed by atoms with Crippen molar-refractivity contribution in [2.24, 2.45) is 0 Å². The van der Waals surface area contributed by atoms with Gasteiger partial charge in [-0.3, -0.25) is 14.6 Å². The van der Waals surface area contributed by atoms with Crippen LogP contribution in [0.3, 0.4) is 0 Å². The summed E-state index contributed by atoms with van der Waals surface area (Å²) in [7, 11) is 2.98. The lowest BCUT2D eigenvalue weighted by atomic mass is 10.2. The van der Waals surface area contributed by atoms with Gasteiger partial charge in [0.15, 0.2) is 11.5 Å². The number of benzene rings is 1. The molecule has 0 unspecified atom stereocenters. The number of methoxy groups -OCH3 is 2. The molecule has 1 N–H and O–H groups in total. The van der Waals surface area contributed by atoms with Crippen molar-refractivity contribution < 1.29 is 28.3 Å². The molecule has 0 bridgehead atoms. The van der Waals surface area contributed by atoms with Crippen LogP contribution in [0.25, 0.3) is 11.4 Å². The number of amides is 1. The van der Waals surface area contributed by atoms with Crippen molar-refractivity contribution in [1.29, 1.82) is 0 Å². The standard InChI is InChI=1S/C21H22N4O6/c1-28-16-8-7-14(11-17(16)29-2)21(27)23-13-19(26)30-10-4-6-18-24-20(25-31-18)15-5-3-9-22-12-15/h3,5,7-9,11-12H,4,6,10,13H2,1-2H3,(H,23,27). The molecule has 0 spiro atoms. The zero-order chi connectivity index (χ0) is 22.1. The van der Waals surface area contributed by atoms with Crippen LogP contribution < -0.4 is 14.8 Å². The zero-order valence-electron chi connectivity index (χ0n) is 17.2. The number of nitrogens with one attached hydrogen (secondary N) is 1. The fourth-order valence-corrected chi connectivity index (χ4v) is 2.66. The molecule has 0 radical (unpaired) electrons. The quantitative estimate of drug-likeness (QED) is 0.383. The molecule has 31 heavy (non-hydrogen) atoms. The Labute approximate surface area is 178 Å². The van der Waals surface area contributed by atoms with Crippen molar-refractivity contribution in [2.75, 3.05) is 27.4 Å². The smallest absolute Gasteiger partial charge is 0.325 e. The lowest BCUT2D eigenvalue weighted by Crippen LogP contribution is -2.30. The first-order valence-electron chi connectivity index (χ1n) is 9.49. The summed E-state index contributed by atoms with van der Waals surface area (Å²) in [6.45, 7) is -0.0887. The van der Waals surface area contributed by atoms with E-state index in [4.69, 9.17) is 18.7 Å². The molecule has 3 rings (SSSR count). The Bertz CT molecular complexity index is 1020. The summed E-state index contributed by atoms with van der Waals surface area (Å²) in [5.74, 6) is 0.856. The van der Waals surface area contributed by atoms with Gasteiger partial charge < -0.3 is 24.1 Å². The zero-order valence-corrected chi connectivity index (χ0v) is 17.2. The minimum atomic E-state index is -0.546. The third-order valence-electron chi connectivity index (χ3n) is 4.22. The van der Waals surface area contributed by atoms with Gasteiger partial charge in [0.2, 0.25) is 11.7 Å². The van der Waals surface area contributed by atoms with Crippen LogP contribution in [0.2, 0.25) is 0 Å². The largest absolute Gasteiger partial charge is 0.493 e. The van der Waals surface area contributed by atoms with Gasteiger partial charge in [-0.2, -0.15) is 4.98 Å². The minimum Gasteiger partial charge on any atom is -0.493 e. The van der Waals surface area contributed by atoms with E-state index in [1.165, 1.54) is 20.3 Å². The van der Waals surface area contributed by atoms with E-state index in [1.807, 2.05) is 6.07 Å². The van der Waals surface area contributed by atoms with Crippen molar-refractivity contribution in [2.45, 2.75) is 12.8 Å². The Morgan fingerprint density at radius 2 is 1.97 bits per heavy atom. The van der Waals surface area contributed by atoms with Crippen LogP contribution in [-0.4, -0.2) is 54.4 Å². The molecule has 1 aromatic carbocycles. The molecule has 162 valence electrons. The van der Waals surface area contributed by atoms with E-state index in [-0.39, 0.29) is 13.2 Å². The lowest BCUT2D eigenvalue weighted by molar-refractivity contribution is -0.142. The van der Waals surface area contributed by atoms with Gasteiger partial charge in [0.1, 0.15) is 6.54 Å². The topological polar surface area (TPSA) is 126 Å². The maximum absolute atomic E-state index is 12.2. The van der Waals surface area contributed by atoms with Crippen LogP contribution >= 0.6 is 0 Å². The number of hydrogen-bond acceptors (Lipinski definition) is 9. The van der Waals surface area contributed by atoms with E-state index < -0.39 is 11.9 Å². The van der Waals surface area contributed by atoms with Crippen LogP contribution in [0.4, 0.5) is 0 Å². The number of rotatable bonds is 10. The second-order valence-electron chi connectivity index (χ2n) is 6.33. The number of aryl methyl sites for hydroxylation is 1. The molecule has 0 saturated carbocycles. The second kappa shape index (κ2) is 10.7. The first-order valence-corrected chi connectivity index (χ1v) is 9.49. The summed E-state index contributed by atoms with van der Waals surface area (Å²) < 4.78 is 20.6. The van der Waals surface area contributed by atoms with Gasteiger partial charge in [-0.05, 0) is 36.8 Å². The first-order chi connectivity index (χ1) is 15.1. The molecule has 0 aliphatic heterocycles. The number of carbonyl (C=O) groups excluding carboxylic acids is 2. The molecule has 0 saturated heterocycles. The maximum Gasteiger partial charge on any atom is 0.325 e. The van der Waals surface area contributed by atoms with Gasteiger partial charge in [0, 0.05) is 29.9 Å². The van der Waals surface area contributed by atoms with E-state index >= 15 is 0 Å². The third-order valence-corrected chi connectivity index (χ3v) is 4.22. The molecule has 2 heterocycles. The predicted molar refractivity (Wildman–Crippen MR) is 109 cm³/mol. The van der Waals surface area contributed by atoms with Crippen molar-refractivity contribution in [3.05, 3.63) is 54.2 Å². The van der Waals surface area contributed by atoms with Gasteiger partial charge in [-0.25, -0.2) is 0 Å². The molecule has 0 fully saturated rings.